The number of amidine groups is 1. The van der Waals surface area contributed by atoms with Crippen molar-refractivity contribution >= 4 is 41.3 Å². The molecule has 0 aromatic heterocycles. The predicted molar refractivity (Wildman–Crippen MR) is 81.2 cm³/mol. The summed E-state index contributed by atoms with van der Waals surface area (Å²) in [6.07, 6.45) is 1.41. The van der Waals surface area contributed by atoms with Gasteiger partial charge in [-0.05, 0) is 12.1 Å². The Morgan fingerprint density at radius 1 is 1.41 bits per heavy atom. The van der Waals surface area contributed by atoms with E-state index in [0.717, 1.165) is 11.3 Å². The lowest BCUT2D eigenvalue weighted by Gasteiger charge is -2.34. The molecule has 7 nitrogen and oxygen atoms in total. The van der Waals surface area contributed by atoms with Crippen LogP contribution in [-0.2, 0) is 14.3 Å². The molecule has 1 amide bonds. The van der Waals surface area contributed by atoms with E-state index >= 15 is 0 Å². The van der Waals surface area contributed by atoms with E-state index in [2.05, 4.69) is 15.5 Å². The average molecular weight is 321 g/mol. The first-order valence-electron chi connectivity index (χ1n) is 6.72. The van der Waals surface area contributed by atoms with Gasteiger partial charge in [-0.15, -0.1) is 11.6 Å². The Bertz CT molecular complexity index is 674. The molecule has 1 N–H and O–H groups in total. The van der Waals surface area contributed by atoms with Crippen molar-refractivity contribution in [2.24, 2.45) is 10.1 Å². The maximum atomic E-state index is 12.0. The molecular formula is C14H13ClN4O3. The van der Waals surface area contributed by atoms with Gasteiger partial charge in [-0.1, -0.05) is 12.1 Å². The monoisotopic (exact) mass is 320 g/mol. The van der Waals surface area contributed by atoms with Crippen molar-refractivity contribution in [1.82, 2.24) is 10.3 Å². The second-order valence-corrected chi connectivity index (χ2v) is 5.09. The van der Waals surface area contributed by atoms with Crippen molar-refractivity contribution in [3.8, 4) is 0 Å². The molecule has 0 saturated heterocycles. The molecule has 3 rings (SSSR count). The van der Waals surface area contributed by atoms with Crippen molar-refractivity contribution in [2.45, 2.75) is 12.5 Å². The normalized spacial score (nSPS) is 19.0. The van der Waals surface area contributed by atoms with Crippen LogP contribution in [0.25, 0.3) is 0 Å². The van der Waals surface area contributed by atoms with Gasteiger partial charge in [0.2, 0.25) is 0 Å². The lowest BCUT2D eigenvalue weighted by atomic mass is 10.1. The molecule has 0 bridgehead atoms. The van der Waals surface area contributed by atoms with Crippen LogP contribution in [0.15, 0.2) is 34.4 Å². The SMILES string of the molecule is O=C(C[C@H]1C(=O)NN=C2c3ccccc3N=CN21)OCCCl. The third-order valence-electron chi connectivity index (χ3n) is 3.32. The zero-order valence-electron chi connectivity index (χ0n) is 11.5. The van der Waals surface area contributed by atoms with Gasteiger partial charge in [0.05, 0.1) is 24.3 Å². The molecule has 0 radical (unpaired) electrons. The second-order valence-electron chi connectivity index (χ2n) is 4.71. The van der Waals surface area contributed by atoms with Gasteiger partial charge in [0, 0.05) is 5.56 Å². The fourth-order valence-electron chi connectivity index (χ4n) is 2.31. The minimum absolute atomic E-state index is 0.101. The summed E-state index contributed by atoms with van der Waals surface area (Å²) < 4.78 is 4.93. The number of carbonyl (C=O) groups excluding carboxylic acids is 2. The summed E-state index contributed by atoms with van der Waals surface area (Å²) in [7, 11) is 0. The van der Waals surface area contributed by atoms with E-state index in [0.29, 0.717) is 5.84 Å². The molecule has 2 aliphatic rings. The van der Waals surface area contributed by atoms with E-state index in [4.69, 9.17) is 16.3 Å². The molecule has 2 heterocycles. The van der Waals surface area contributed by atoms with Crippen LogP contribution in [0.5, 0.6) is 0 Å². The van der Waals surface area contributed by atoms with Gasteiger partial charge in [-0.2, -0.15) is 5.10 Å². The number of hydrogen-bond acceptors (Lipinski definition) is 6. The molecule has 0 aliphatic carbocycles. The first kappa shape index (κ1) is 14.5. The van der Waals surface area contributed by atoms with Gasteiger partial charge >= 0.3 is 5.97 Å². The van der Waals surface area contributed by atoms with Gasteiger partial charge in [0.1, 0.15) is 12.6 Å². The van der Waals surface area contributed by atoms with Crippen molar-refractivity contribution in [3.05, 3.63) is 29.8 Å². The minimum atomic E-state index is -0.743. The fraction of sp³-hybridized carbons (Fsp3) is 0.286. The van der Waals surface area contributed by atoms with E-state index in [1.165, 1.54) is 6.34 Å². The zero-order valence-corrected chi connectivity index (χ0v) is 12.3. The summed E-state index contributed by atoms with van der Waals surface area (Å²) in [5.74, 6) is -0.0968. The molecule has 114 valence electrons. The number of carbonyl (C=O) groups is 2. The fourth-order valence-corrected chi connectivity index (χ4v) is 2.39. The van der Waals surface area contributed by atoms with Crippen LogP contribution >= 0.6 is 11.6 Å². The van der Waals surface area contributed by atoms with Crippen molar-refractivity contribution in [2.75, 3.05) is 12.5 Å². The van der Waals surface area contributed by atoms with Crippen LogP contribution in [-0.4, -0.2) is 47.5 Å². The number of rotatable bonds is 4. The summed E-state index contributed by atoms with van der Waals surface area (Å²) in [6, 6.07) is 6.70. The van der Waals surface area contributed by atoms with E-state index < -0.39 is 12.0 Å². The minimum Gasteiger partial charge on any atom is -0.464 e. The highest BCUT2D eigenvalue weighted by molar-refractivity contribution is 6.18. The molecule has 8 heteroatoms. The molecule has 0 saturated carbocycles. The van der Waals surface area contributed by atoms with Gasteiger partial charge in [-0.3, -0.25) is 9.59 Å². The highest BCUT2D eigenvalue weighted by atomic mass is 35.5. The average Bonchev–Trinajstić information content (AvgIpc) is 2.55. The van der Waals surface area contributed by atoms with E-state index in [1.807, 2.05) is 24.3 Å². The number of aliphatic imine (C=N–C) groups is 1. The number of esters is 1. The van der Waals surface area contributed by atoms with Gasteiger partial charge in [-0.25, -0.2) is 10.4 Å². The van der Waals surface area contributed by atoms with Gasteiger partial charge in [0.25, 0.3) is 5.91 Å². The van der Waals surface area contributed by atoms with Crippen LogP contribution in [0.1, 0.15) is 12.0 Å². The first-order valence-corrected chi connectivity index (χ1v) is 7.25. The number of ether oxygens (including phenoxy) is 1. The number of para-hydroxylation sites is 1. The van der Waals surface area contributed by atoms with E-state index in [-0.39, 0.29) is 24.8 Å². The molecular weight excluding hydrogens is 308 g/mol. The van der Waals surface area contributed by atoms with Crippen LogP contribution in [0.2, 0.25) is 0 Å². The van der Waals surface area contributed by atoms with Crippen molar-refractivity contribution in [3.63, 3.8) is 0 Å². The Balaban J connectivity index is 1.84. The number of fused-ring (bicyclic) bond motifs is 3. The highest BCUT2D eigenvalue weighted by Gasteiger charge is 2.36. The van der Waals surface area contributed by atoms with E-state index in [9.17, 15) is 9.59 Å². The van der Waals surface area contributed by atoms with Crippen molar-refractivity contribution in [1.29, 1.82) is 0 Å². The Morgan fingerprint density at radius 2 is 2.23 bits per heavy atom. The summed E-state index contributed by atoms with van der Waals surface area (Å²) in [5.41, 5.74) is 4.00. The molecule has 1 aromatic rings. The zero-order chi connectivity index (χ0) is 15.5. The first-order chi connectivity index (χ1) is 10.7. The van der Waals surface area contributed by atoms with Crippen LogP contribution in [0.3, 0.4) is 0 Å². The number of hydrazone groups is 1. The third kappa shape index (κ3) is 2.67. The molecule has 0 spiro atoms. The van der Waals surface area contributed by atoms with Gasteiger partial charge in [0.15, 0.2) is 5.84 Å². The van der Waals surface area contributed by atoms with Crippen LogP contribution in [0, 0.1) is 0 Å². The lowest BCUT2D eigenvalue weighted by Crippen LogP contribution is -2.54. The van der Waals surface area contributed by atoms with Crippen LogP contribution in [0.4, 0.5) is 5.69 Å². The highest BCUT2D eigenvalue weighted by Crippen LogP contribution is 2.27. The maximum absolute atomic E-state index is 12.0. The molecule has 1 atom stereocenters. The summed E-state index contributed by atoms with van der Waals surface area (Å²) in [4.78, 5) is 29.7. The maximum Gasteiger partial charge on any atom is 0.308 e. The third-order valence-corrected chi connectivity index (χ3v) is 3.48. The topological polar surface area (TPSA) is 83.4 Å². The number of alkyl halides is 1. The van der Waals surface area contributed by atoms with Gasteiger partial charge < -0.3 is 9.64 Å². The van der Waals surface area contributed by atoms with Crippen LogP contribution < -0.4 is 5.43 Å². The summed E-state index contributed by atoms with van der Waals surface area (Å²) >= 11 is 5.48. The number of amides is 1. The number of benzene rings is 1. The Labute approximate surface area is 131 Å². The number of hydrogen-bond donors (Lipinski definition) is 1. The quantitative estimate of drug-likeness (QED) is 0.662. The summed E-state index contributed by atoms with van der Waals surface area (Å²) in [5, 5.41) is 4.07. The molecule has 0 fully saturated rings. The molecule has 0 unspecified atom stereocenters. The molecule has 2 aliphatic heterocycles. The standard InChI is InChI=1S/C14H13ClN4O3/c15-5-6-22-12(20)7-11-14(21)18-17-13-9-3-1-2-4-10(9)16-8-19(11)13/h1-4,8,11H,5-7H2,(H,18,21)/t11-/m0/s1. The Kier molecular flexibility index (Phi) is 4.06. The summed E-state index contributed by atoms with van der Waals surface area (Å²) in [6.45, 7) is 0.118. The number of nitrogens with zero attached hydrogens (tertiary/aromatic N) is 3. The predicted octanol–water partition coefficient (Wildman–Crippen LogP) is 0.994. The number of halogens is 1. The number of nitrogens with one attached hydrogen (secondary N) is 1. The Hall–Kier alpha value is -2.41. The molecule has 1 aromatic carbocycles. The Morgan fingerprint density at radius 3 is 3.05 bits per heavy atom. The second kappa shape index (κ2) is 6.15. The largest absolute Gasteiger partial charge is 0.464 e. The van der Waals surface area contributed by atoms with E-state index in [1.54, 1.807) is 4.90 Å². The smallest absolute Gasteiger partial charge is 0.308 e. The lowest BCUT2D eigenvalue weighted by molar-refractivity contribution is -0.146. The molecule has 22 heavy (non-hydrogen) atoms. The van der Waals surface area contributed by atoms with Crippen molar-refractivity contribution < 1.29 is 14.3 Å².